The lowest BCUT2D eigenvalue weighted by Gasteiger charge is -2.47. The number of ether oxygens (including phenoxy) is 1. The Bertz CT molecular complexity index is 1560. The van der Waals surface area contributed by atoms with Crippen LogP contribution in [0.4, 0.5) is 0 Å². The van der Waals surface area contributed by atoms with Crippen LogP contribution in [0.2, 0.25) is 0 Å². The van der Waals surface area contributed by atoms with Crippen molar-refractivity contribution in [3.8, 4) is 12.1 Å². The fraction of sp³-hybridized carbons (Fsp3) is 0.361. The molecule has 9 heteroatoms. The third kappa shape index (κ3) is 7.94. The Balaban J connectivity index is 2.21. The monoisotopic (exact) mass is 606 g/mol. The molecule has 1 amide bonds. The van der Waals surface area contributed by atoms with Crippen LogP contribution in [0.1, 0.15) is 44.9 Å². The number of piperazine rings is 1. The number of rotatable bonds is 9. The summed E-state index contributed by atoms with van der Waals surface area (Å²) in [5.74, 6) is -0.874. The van der Waals surface area contributed by atoms with Gasteiger partial charge >= 0.3 is 5.97 Å². The van der Waals surface area contributed by atoms with E-state index >= 15 is 0 Å². The quantitative estimate of drug-likeness (QED) is 0.212. The van der Waals surface area contributed by atoms with Crippen LogP contribution in [0.3, 0.4) is 0 Å². The standard InChI is InChI=1S/C36H42N6O3/c1-8-10-14-27(13-9-2)33(28-18-16-26(5)17-19-28)42-22-21-41(24-31(42)36(44)45-25(3)4)34-29(23-38)35(43)40(7)30(32(34)39-6)15-11-12-20-37/h8-19,25,31,33H,21-22,24H2,1-7H3/b10-8+,12-11+,13-9-,27-14+,30-15+,39-32+. The second-order valence-corrected chi connectivity index (χ2v) is 11.0. The van der Waals surface area contributed by atoms with Crippen molar-refractivity contribution in [3.63, 3.8) is 0 Å². The molecule has 0 aromatic heterocycles. The lowest BCUT2D eigenvalue weighted by molar-refractivity contribution is -0.157. The smallest absolute Gasteiger partial charge is 0.325 e. The minimum atomic E-state index is -0.738. The van der Waals surface area contributed by atoms with Gasteiger partial charge in [0.05, 0.1) is 29.6 Å². The number of allylic oxidation sites excluding steroid dienone is 7. The zero-order valence-electron chi connectivity index (χ0n) is 27.2. The SMILES string of the molecule is C\C=C/C(=C\C=C\C)C(c1ccc(C)cc1)N1CCN(C2=C(C#N)C(=O)N(C)C(=C/C=C/C#N)/C2=N\C)CC1C(=O)OC(C)C. The summed E-state index contributed by atoms with van der Waals surface area (Å²) in [6.45, 7) is 10.6. The second-order valence-electron chi connectivity index (χ2n) is 11.0. The summed E-state index contributed by atoms with van der Waals surface area (Å²) in [6, 6.07) is 11.3. The Morgan fingerprint density at radius 3 is 2.40 bits per heavy atom. The second kappa shape index (κ2) is 16.2. The van der Waals surface area contributed by atoms with Crippen LogP contribution in [0.5, 0.6) is 0 Å². The first kappa shape index (κ1) is 34.5. The van der Waals surface area contributed by atoms with Crippen LogP contribution in [-0.2, 0) is 14.3 Å². The molecular formula is C36H42N6O3. The lowest BCUT2D eigenvalue weighted by Crippen LogP contribution is -2.59. The highest BCUT2D eigenvalue weighted by Gasteiger charge is 2.43. The number of nitrogens with zero attached hydrogens (tertiary/aromatic N) is 6. The predicted octanol–water partition coefficient (Wildman–Crippen LogP) is 5.34. The van der Waals surface area contributed by atoms with Gasteiger partial charge in [-0.1, -0.05) is 60.2 Å². The third-order valence-electron chi connectivity index (χ3n) is 7.59. The van der Waals surface area contributed by atoms with E-state index in [9.17, 15) is 14.9 Å². The highest BCUT2D eigenvalue weighted by molar-refractivity contribution is 6.22. The van der Waals surface area contributed by atoms with Crippen LogP contribution < -0.4 is 0 Å². The minimum Gasteiger partial charge on any atom is -0.462 e. The number of esters is 1. The first-order valence-electron chi connectivity index (χ1n) is 15.0. The van der Waals surface area contributed by atoms with Gasteiger partial charge < -0.3 is 14.5 Å². The van der Waals surface area contributed by atoms with Gasteiger partial charge in [-0.2, -0.15) is 10.5 Å². The molecule has 0 N–H and O–H groups in total. The van der Waals surface area contributed by atoms with Gasteiger partial charge in [0.15, 0.2) is 0 Å². The summed E-state index contributed by atoms with van der Waals surface area (Å²) in [6.07, 6.45) is 14.2. The molecule has 2 atom stereocenters. The first-order chi connectivity index (χ1) is 21.6. The maximum Gasteiger partial charge on any atom is 0.325 e. The predicted molar refractivity (Wildman–Crippen MR) is 177 cm³/mol. The number of nitriles is 2. The summed E-state index contributed by atoms with van der Waals surface area (Å²) >= 11 is 0. The van der Waals surface area contributed by atoms with Gasteiger partial charge in [-0.05, 0) is 57.9 Å². The Morgan fingerprint density at radius 1 is 1.11 bits per heavy atom. The number of carbonyl (C=O) groups excluding carboxylic acids is 2. The summed E-state index contributed by atoms with van der Waals surface area (Å²) in [4.78, 5) is 37.2. The molecule has 1 saturated heterocycles. The summed E-state index contributed by atoms with van der Waals surface area (Å²) < 4.78 is 5.82. The molecule has 0 saturated carbocycles. The van der Waals surface area contributed by atoms with Crippen LogP contribution in [0.25, 0.3) is 0 Å². The van der Waals surface area contributed by atoms with Gasteiger partial charge in [-0.25, -0.2) is 0 Å². The number of hydrogen-bond acceptors (Lipinski definition) is 8. The number of hydrogen-bond donors (Lipinski definition) is 0. The van der Waals surface area contributed by atoms with Crippen molar-refractivity contribution in [1.82, 2.24) is 14.7 Å². The van der Waals surface area contributed by atoms with Crippen LogP contribution in [0, 0.1) is 29.6 Å². The highest BCUT2D eigenvalue weighted by Crippen LogP contribution is 2.36. The molecule has 3 rings (SSSR count). The molecule has 1 aromatic rings. The van der Waals surface area contributed by atoms with Crippen molar-refractivity contribution < 1.29 is 14.3 Å². The van der Waals surface area contributed by atoms with Crippen molar-refractivity contribution in [3.05, 3.63) is 107 Å². The van der Waals surface area contributed by atoms with E-state index in [1.165, 1.54) is 17.1 Å². The van der Waals surface area contributed by atoms with Gasteiger partial charge in [-0.3, -0.25) is 19.5 Å². The third-order valence-corrected chi connectivity index (χ3v) is 7.59. The topological polar surface area (TPSA) is 113 Å². The average molecular weight is 607 g/mol. The van der Waals surface area contributed by atoms with E-state index in [0.717, 1.165) is 16.7 Å². The number of likely N-dealkylation sites (N-methyl/N-ethyl adjacent to an activating group) is 1. The Hall–Kier alpha value is -4.99. The highest BCUT2D eigenvalue weighted by atomic mass is 16.5. The molecule has 2 heterocycles. The maximum atomic E-state index is 13.9. The molecule has 9 nitrogen and oxygen atoms in total. The van der Waals surface area contributed by atoms with Crippen LogP contribution >= 0.6 is 0 Å². The molecule has 0 spiro atoms. The van der Waals surface area contributed by atoms with Gasteiger partial charge in [0.25, 0.3) is 5.91 Å². The van der Waals surface area contributed by atoms with Gasteiger partial charge in [0, 0.05) is 39.8 Å². The molecule has 2 aliphatic rings. The summed E-state index contributed by atoms with van der Waals surface area (Å²) in [7, 11) is 3.17. The molecule has 2 aliphatic heterocycles. The fourth-order valence-corrected chi connectivity index (χ4v) is 5.57. The largest absolute Gasteiger partial charge is 0.462 e. The molecule has 0 radical (unpaired) electrons. The summed E-state index contributed by atoms with van der Waals surface area (Å²) in [5.41, 5.74) is 4.36. The van der Waals surface area contributed by atoms with E-state index in [1.54, 1.807) is 20.2 Å². The minimum absolute atomic E-state index is 0.0541. The number of benzene rings is 1. The Morgan fingerprint density at radius 2 is 1.82 bits per heavy atom. The van der Waals surface area contributed by atoms with Gasteiger partial charge in [-0.15, -0.1) is 0 Å². The molecule has 234 valence electrons. The fourth-order valence-electron chi connectivity index (χ4n) is 5.57. The number of aryl methyl sites for hydroxylation is 1. The van der Waals surface area contributed by atoms with Crippen molar-refractivity contribution in [1.29, 1.82) is 10.5 Å². The average Bonchev–Trinajstić information content (AvgIpc) is 3.02. The molecular weight excluding hydrogens is 564 g/mol. The zero-order valence-corrected chi connectivity index (χ0v) is 27.2. The van der Waals surface area contributed by atoms with E-state index in [-0.39, 0.29) is 24.3 Å². The maximum absolute atomic E-state index is 13.9. The number of carbonyl (C=O) groups is 2. The molecule has 1 fully saturated rings. The number of amides is 1. The zero-order chi connectivity index (χ0) is 33.1. The van der Waals surface area contributed by atoms with Crippen molar-refractivity contribution >= 4 is 17.6 Å². The Kier molecular flexibility index (Phi) is 12.4. The molecule has 0 bridgehead atoms. The van der Waals surface area contributed by atoms with E-state index in [2.05, 4.69) is 52.4 Å². The van der Waals surface area contributed by atoms with Gasteiger partial charge in [0.2, 0.25) is 0 Å². The van der Waals surface area contributed by atoms with E-state index < -0.39 is 17.9 Å². The molecule has 45 heavy (non-hydrogen) atoms. The molecule has 0 aliphatic carbocycles. The lowest BCUT2D eigenvalue weighted by atomic mass is 9.92. The van der Waals surface area contributed by atoms with Crippen molar-refractivity contribution in [2.45, 2.75) is 52.8 Å². The molecule has 2 unspecified atom stereocenters. The van der Waals surface area contributed by atoms with Gasteiger partial charge in [0.1, 0.15) is 23.4 Å². The van der Waals surface area contributed by atoms with Crippen molar-refractivity contribution in [2.75, 3.05) is 33.7 Å². The van der Waals surface area contributed by atoms with E-state index in [4.69, 9.17) is 10.00 Å². The van der Waals surface area contributed by atoms with E-state index in [1.807, 2.05) is 63.8 Å². The van der Waals surface area contributed by atoms with Crippen molar-refractivity contribution in [2.24, 2.45) is 4.99 Å². The van der Waals surface area contributed by atoms with Crippen LogP contribution in [-0.4, -0.2) is 78.2 Å². The van der Waals surface area contributed by atoms with Crippen LogP contribution in [0.15, 0.2) is 100 Å². The van der Waals surface area contributed by atoms with E-state index in [0.29, 0.717) is 30.2 Å². The Labute approximate surface area is 267 Å². The molecule has 1 aromatic carbocycles. The number of aliphatic imine (C=N–C) groups is 1. The first-order valence-corrected chi connectivity index (χ1v) is 15.0. The normalized spacial score (nSPS) is 21.1. The summed E-state index contributed by atoms with van der Waals surface area (Å²) in [5, 5.41) is 19.2.